The zero-order valence-corrected chi connectivity index (χ0v) is 13.8. The van der Waals surface area contributed by atoms with Crippen molar-refractivity contribution in [2.75, 3.05) is 13.1 Å². The highest BCUT2D eigenvalue weighted by Crippen LogP contribution is 2.24. The number of likely N-dealkylation sites (tertiary alicyclic amines) is 1. The maximum Gasteiger partial charge on any atom is 0.420 e. The highest BCUT2D eigenvalue weighted by Gasteiger charge is 2.33. The van der Waals surface area contributed by atoms with Crippen molar-refractivity contribution >= 4 is 28.6 Å². The van der Waals surface area contributed by atoms with Gasteiger partial charge in [-0.25, -0.2) is 9.78 Å². The van der Waals surface area contributed by atoms with Crippen LogP contribution in [0.5, 0.6) is 5.88 Å². The molecular formula is C17H14ClN3O4. The number of carbonyl (C=O) groups excluding carboxylic acids is 1. The van der Waals surface area contributed by atoms with Gasteiger partial charge in [-0.2, -0.15) is 0 Å². The van der Waals surface area contributed by atoms with Gasteiger partial charge in [-0.15, -0.1) is 0 Å². The van der Waals surface area contributed by atoms with Crippen molar-refractivity contribution < 1.29 is 13.9 Å². The fourth-order valence-electron chi connectivity index (χ4n) is 2.73. The minimum absolute atomic E-state index is 0.0626. The summed E-state index contributed by atoms with van der Waals surface area (Å²) in [6.45, 7) is 0.791. The van der Waals surface area contributed by atoms with Crippen molar-refractivity contribution in [3.05, 3.63) is 58.2 Å². The first-order valence-corrected chi connectivity index (χ1v) is 8.13. The van der Waals surface area contributed by atoms with Crippen LogP contribution >= 0.6 is 11.6 Å². The lowest BCUT2D eigenvalue weighted by Gasteiger charge is -2.38. The number of halogens is 1. The molecule has 1 amide bonds. The van der Waals surface area contributed by atoms with Gasteiger partial charge in [0.1, 0.15) is 17.7 Å². The second-order valence-electron chi connectivity index (χ2n) is 5.75. The van der Waals surface area contributed by atoms with Gasteiger partial charge in [-0.1, -0.05) is 23.7 Å². The number of benzene rings is 1. The monoisotopic (exact) mass is 359 g/mol. The van der Waals surface area contributed by atoms with Crippen LogP contribution in [0, 0.1) is 0 Å². The minimum Gasteiger partial charge on any atom is -0.470 e. The van der Waals surface area contributed by atoms with E-state index in [0.29, 0.717) is 35.1 Å². The van der Waals surface area contributed by atoms with Crippen LogP contribution in [0.15, 0.2) is 51.8 Å². The smallest absolute Gasteiger partial charge is 0.420 e. The Balaban J connectivity index is 1.40. The van der Waals surface area contributed by atoms with Crippen molar-refractivity contribution in [2.24, 2.45) is 0 Å². The molecule has 1 fully saturated rings. The Kier molecular flexibility index (Phi) is 3.93. The van der Waals surface area contributed by atoms with Crippen LogP contribution in [-0.2, 0) is 11.3 Å². The molecule has 0 spiro atoms. The third-order valence-corrected chi connectivity index (χ3v) is 4.36. The van der Waals surface area contributed by atoms with Crippen molar-refractivity contribution in [1.29, 1.82) is 0 Å². The maximum atomic E-state index is 12.4. The van der Waals surface area contributed by atoms with Crippen molar-refractivity contribution in [3.63, 3.8) is 0 Å². The van der Waals surface area contributed by atoms with E-state index in [4.69, 9.17) is 20.8 Å². The van der Waals surface area contributed by atoms with E-state index in [0.717, 1.165) is 0 Å². The molecular weight excluding hydrogens is 346 g/mol. The van der Waals surface area contributed by atoms with E-state index in [1.54, 1.807) is 47.5 Å². The molecule has 25 heavy (non-hydrogen) atoms. The Labute approximate surface area is 147 Å². The van der Waals surface area contributed by atoms with E-state index in [1.807, 2.05) is 0 Å². The number of rotatable bonds is 4. The third kappa shape index (κ3) is 2.98. The average molecular weight is 360 g/mol. The molecule has 3 aromatic rings. The summed E-state index contributed by atoms with van der Waals surface area (Å²) in [6, 6.07) is 10.4. The van der Waals surface area contributed by atoms with Crippen LogP contribution in [0.4, 0.5) is 0 Å². The third-order valence-electron chi connectivity index (χ3n) is 4.07. The van der Waals surface area contributed by atoms with E-state index in [9.17, 15) is 9.59 Å². The molecule has 0 N–H and O–H groups in total. The minimum atomic E-state index is -0.539. The number of fused-ring (bicyclic) bond motifs is 1. The number of ether oxygens (including phenoxy) is 1. The quantitative estimate of drug-likeness (QED) is 0.711. The second kappa shape index (κ2) is 6.25. The normalized spacial score (nSPS) is 14.5. The first-order chi connectivity index (χ1) is 12.1. The largest absolute Gasteiger partial charge is 0.470 e. The van der Waals surface area contributed by atoms with Gasteiger partial charge in [-0.3, -0.25) is 9.36 Å². The molecule has 0 aliphatic carbocycles. The first-order valence-electron chi connectivity index (χ1n) is 7.75. The van der Waals surface area contributed by atoms with Gasteiger partial charge >= 0.3 is 5.76 Å². The van der Waals surface area contributed by atoms with E-state index < -0.39 is 5.76 Å². The molecule has 1 aromatic carbocycles. The molecule has 0 saturated carbocycles. The average Bonchev–Trinajstić information content (AvgIpc) is 2.88. The number of hydrogen-bond acceptors (Lipinski definition) is 5. The highest BCUT2D eigenvalue weighted by atomic mass is 35.5. The van der Waals surface area contributed by atoms with Crippen LogP contribution in [0.2, 0.25) is 5.02 Å². The molecule has 2 aromatic heterocycles. The lowest BCUT2D eigenvalue weighted by atomic mass is 10.1. The Morgan fingerprint density at radius 2 is 2.08 bits per heavy atom. The second-order valence-corrected chi connectivity index (χ2v) is 6.16. The standard InChI is InChI=1S/C17H14ClN3O4/c18-12-4-3-7-19-16(12)24-11-8-20(9-11)15(22)10-21-13-5-1-2-6-14(13)25-17(21)23/h1-7,11H,8-10H2. The Morgan fingerprint density at radius 1 is 1.28 bits per heavy atom. The highest BCUT2D eigenvalue weighted by molar-refractivity contribution is 6.31. The fourth-order valence-corrected chi connectivity index (χ4v) is 2.90. The summed E-state index contributed by atoms with van der Waals surface area (Å²) in [5.74, 6) is -0.345. The number of nitrogens with zero attached hydrogens (tertiary/aromatic N) is 3. The molecule has 128 valence electrons. The predicted molar refractivity (Wildman–Crippen MR) is 90.7 cm³/mol. The number of para-hydroxylation sites is 2. The van der Waals surface area contributed by atoms with Crippen molar-refractivity contribution in [1.82, 2.24) is 14.5 Å². The lowest BCUT2D eigenvalue weighted by molar-refractivity contribution is -0.140. The molecule has 8 heteroatoms. The van der Waals surface area contributed by atoms with Crippen LogP contribution in [0.1, 0.15) is 0 Å². The number of pyridine rings is 1. The van der Waals surface area contributed by atoms with E-state index in [-0.39, 0.29) is 18.6 Å². The van der Waals surface area contributed by atoms with E-state index >= 15 is 0 Å². The summed E-state index contributed by atoms with van der Waals surface area (Å²) in [5.41, 5.74) is 1.07. The fraction of sp³-hybridized carbons (Fsp3) is 0.235. The topological polar surface area (TPSA) is 77.6 Å². The molecule has 0 unspecified atom stereocenters. The van der Waals surface area contributed by atoms with Gasteiger partial charge < -0.3 is 14.1 Å². The van der Waals surface area contributed by atoms with Gasteiger partial charge in [0.15, 0.2) is 5.58 Å². The zero-order chi connectivity index (χ0) is 17.4. The summed E-state index contributed by atoms with van der Waals surface area (Å²) in [7, 11) is 0. The molecule has 0 radical (unpaired) electrons. The Morgan fingerprint density at radius 3 is 2.88 bits per heavy atom. The molecule has 1 aliphatic heterocycles. The van der Waals surface area contributed by atoms with Crippen LogP contribution in [0.3, 0.4) is 0 Å². The number of amides is 1. The van der Waals surface area contributed by atoms with Gasteiger partial charge in [0.2, 0.25) is 11.8 Å². The number of aromatic nitrogens is 2. The molecule has 0 bridgehead atoms. The maximum absolute atomic E-state index is 12.4. The Bertz CT molecular complexity index is 991. The SMILES string of the molecule is O=C(Cn1c(=O)oc2ccccc21)N1CC(Oc2ncccc2Cl)C1. The summed E-state index contributed by atoms with van der Waals surface area (Å²) in [5, 5.41) is 0.434. The van der Waals surface area contributed by atoms with E-state index in [1.165, 1.54) is 4.57 Å². The summed E-state index contributed by atoms with van der Waals surface area (Å²) in [6.07, 6.45) is 1.44. The molecule has 3 heterocycles. The summed E-state index contributed by atoms with van der Waals surface area (Å²) in [4.78, 5) is 30.0. The first kappa shape index (κ1) is 15.7. The Hall–Kier alpha value is -2.80. The number of hydrogen-bond donors (Lipinski definition) is 0. The molecule has 1 saturated heterocycles. The molecule has 7 nitrogen and oxygen atoms in total. The van der Waals surface area contributed by atoms with Crippen molar-refractivity contribution in [2.45, 2.75) is 12.6 Å². The van der Waals surface area contributed by atoms with E-state index in [2.05, 4.69) is 4.98 Å². The summed E-state index contributed by atoms with van der Waals surface area (Å²) < 4.78 is 12.1. The van der Waals surface area contributed by atoms with Gasteiger partial charge in [-0.05, 0) is 24.3 Å². The van der Waals surface area contributed by atoms with Crippen molar-refractivity contribution in [3.8, 4) is 5.88 Å². The molecule has 1 aliphatic rings. The van der Waals surface area contributed by atoms with Crippen LogP contribution < -0.4 is 10.5 Å². The van der Waals surface area contributed by atoms with Gasteiger partial charge in [0.05, 0.1) is 18.6 Å². The number of carbonyl (C=O) groups is 1. The molecule has 4 rings (SSSR count). The van der Waals surface area contributed by atoms with Gasteiger partial charge in [0, 0.05) is 6.20 Å². The molecule has 0 atom stereocenters. The summed E-state index contributed by atoms with van der Waals surface area (Å²) >= 11 is 6.00. The zero-order valence-electron chi connectivity index (χ0n) is 13.1. The van der Waals surface area contributed by atoms with Crippen LogP contribution in [0.25, 0.3) is 11.1 Å². The number of oxazole rings is 1. The lowest BCUT2D eigenvalue weighted by Crippen LogP contribution is -2.57. The predicted octanol–water partition coefficient (Wildman–Crippen LogP) is 1.93. The van der Waals surface area contributed by atoms with Gasteiger partial charge in [0.25, 0.3) is 0 Å². The van der Waals surface area contributed by atoms with Crippen LogP contribution in [-0.4, -0.2) is 39.6 Å².